The van der Waals surface area contributed by atoms with Gasteiger partial charge in [0.15, 0.2) is 5.65 Å². The average Bonchev–Trinajstić information content (AvgIpc) is 2.78. The molecule has 1 saturated heterocycles. The number of nitrogens with zero attached hydrogens (tertiary/aromatic N) is 3. The first-order chi connectivity index (χ1) is 9.78. The van der Waals surface area contributed by atoms with Gasteiger partial charge in [0.05, 0.1) is 0 Å². The minimum Gasteiger partial charge on any atom is -0.312 e. The molecule has 2 aromatic heterocycles. The summed E-state index contributed by atoms with van der Waals surface area (Å²) in [6, 6.07) is 4.09. The Bertz CT molecular complexity index is 593. The number of aryl methyl sites for hydroxylation is 2. The predicted molar refractivity (Wildman–Crippen MR) is 90.3 cm³/mol. The first-order valence-electron chi connectivity index (χ1n) is 6.86. The van der Waals surface area contributed by atoms with Crippen LogP contribution in [0.1, 0.15) is 11.5 Å². The molecular weight excluding hydrogens is 310 g/mol. The minimum absolute atomic E-state index is 0.606. The van der Waals surface area contributed by atoms with Crippen molar-refractivity contribution in [1.82, 2.24) is 14.5 Å². The molecule has 108 valence electrons. The molecule has 6 heteroatoms. The smallest absolute Gasteiger partial charge is 0.160 e. The van der Waals surface area contributed by atoms with E-state index >= 15 is 0 Å². The molecule has 3 heterocycles. The molecule has 0 amide bonds. The summed E-state index contributed by atoms with van der Waals surface area (Å²) in [7, 11) is 0. The van der Waals surface area contributed by atoms with Crippen molar-refractivity contribution in [1.29, 1.82) is 0 Å². The molecule has 1 aliphatic heterocycles. The zero-order chi connectivity index (χ0) is 13.9. The number of alkyl halides is 1. The van der Waals surface area contributed by atoms with E-state index in [0.29, 0.717) is 11.1 Å². The standard InChI is InChI=1S/C14H18ClN3S2/c1-10-2-3-12-14(16-10)18(13(17-12)4-5-15)8-11-9-19-6-7-20-11/h2-3,11H,4-9H2,1H3. The van der Waals surface area contributed by atoms with Crippen LogP contribution in [0.2, 0.25) is 0 Å². The van der Waals surface area contributed by atoms with Crippen molar-refractivity contribution in [2.24, 2.45) is 0 Å². The normalized spacial score (nSPS) is 19.6. The third kappa shape index (κ3) is 3.10. The lowest BCUT2D eigenvalue weighted by molar-refractivity contribution is 0.668. The van der Waals surface area contributed by atoms with Gasteiger partial charge in [-0.25, -0.2) is 9.97 Å². The van der Waals surface area contributed by atoms with Crippen molar-refractivity contribution >= 4 is 46.3 Å². The Balaban J connectivity index is 1.96. The summed E-state index contributed by atoms with van der Waals surface area (Å²) in [5, 5.41) is 0.655. The highest BCUT2D eigenvalue weighted by atomic mass is 35.5. The molecule has 0 N–H and O–H groups in total. The van der Waals surface area contributed by atoms with Crippen LogP contribution in [-0.4, -0.2) is 42.9 Å². The Morgan fingerprint density at radius 2 is 2.25 bits per heavy atom. The van der Waals surface area contributed by atoms with Gasteiger partial charge in [-0.3, -0.25) is 0 Å². The summed E-state index contributed by atoms with van der Waals surface area (Å²) in [6.07, 6.45) is 0.807. The van der Waals surface area contributed by atoms with Crippen LogP contribution in [0.15, 0.2) is 12.1 Å². The van der Waals surface area contributed by atoms with Crippen molar-refractivity contribution in [2.45, 2.75) is 25.1 Å². The Hall–Kier alpha value is -0.390. The molecule has 0 aromatic carbocycles. The van der Waals surface area contributed by atoms with Crippen molar-refractivity contribution in [3.8, 4) is 0 Å². The Morgan fingerprint density at radius 1 is 1.35 bits per heavy atom. The van der Waals surface area contributed by atoms with E-state index in [2.05, 4.69) is 39.1 Å². The molecule has 0 aliphatic carbocycles. The molecule has 2 aromatic rings. The van der Waals surface area contributed by atoms with Gasteiger partial charge in [0.1, 0.15) is 11.3 Å². The maximum Gasteiger partial charge on any atom is 0.160 e. The van der Waals surface area contributed by atoms with Gasteiger partial charge < -0.3 is 4.57 Å². The quantitative estimate of drug-likeness (QED) is 0.806. The highest BCUT2D eigenvalue weighted by Gasteiger charge is 2.19. The van der Waals surface area contributed by atoms with Gasteiger partial charge in [0, 0.05) is 47.0 Å². The predicted octanol–water partition coefficient (Wildman–Crippen LogP) is 3.37. The van der Waals surface area contributed by atoms with Crippen LogP contribution in [-0.2, 0) is 13.0 Å². The average molecular weight is 328 g/mol. The number of pyridine rings is 1. The third-order valence-electron chi connectivity index (χ3n) is 3.40. The third-order valence-corrected chi connectivity index (χ3v) is 6.42. The number of aromatic nitrogens is 3. The van der Waals surface area contributed by atoms with Gasteiger partial charge in [-0.2, -0.15) is 23.5 Å². The lowest BCUT2D eigenvalue weighted by Crippen LogP contribution is -2.22. The fourth-order valence-corrected chi connectivity index (χ4v) is 5.28. The van der Waals surface area contributed by atoms with Gasteiger partial charge in [-0.15, -0.1) is 11.6 Å². The number of imidazole rings is 1. The number of fused-ring (bicyclic) bond motifs is 1. The van der Waals surface area contributed by atoms with Gasteiger partial charge in [0.25, 0.3) is 0 Å². The molecule has 1 fully saturated rings. The molecule has 1 atom stereocenters. The van der Waals surface area contributed by atoms with E-state index in [1.54, 1.807) is 0 Å². The Morgan fingerprint density at radius 3 is 3.00 bits per heavy atom. The van der Waals surface area contributed by atoms with Crippen LogP contribution < -0.4 is 0 Å². The molecule has 3 rings (SSSR count). The Labute approximate surface area is 132 Å². The maximum atomic E-state index is 5.93. The molecule has 0 saturated carbocycles. The van der Waals surface area contributed by atoms with Crippen molar-refractivity contribution in [3.05, 3.63) is 23.7 Å². The second kappa shape index (κ2) is 6.58. The van der Waals surface area contributed by atoms with E-state index in [0.717, 1.165) is 35.6 Å². The highest BCUT2D eigenvalue weighted by Crippen LogP contribution is 2.27. The number of thioether (sulfide) groups is 2. The summed E-state index contributed by atoms with van der Waals surface area (Å²) in [4.78, 5) is 9.39. The summed E-state index contributed by atoms with van der Waals surface area (Å²) < 4.78 is 2.29. The number of halogens is 1. The fourth-order valence-electron chi connectivity index (χ4n) is 2.46. The monoisotopic (exact) mass is 327 g/mol. The minimum atomic E-state index is 0.606. The van der Waals surface area contributed by atoms with Crippen molar-refractivity contribution in [2.75, 3.05) is 23.1 Å². The summed E-state index contributed by atoms with van der Waals surface area (Å²) in [6.45, 7) is 3.03. The zero-order valence-electron chi connectivity index (χ0n) is 11.5. The summed E-state index contributed by atoms with van der Waals surface area (Å²) >= 11 is 10.0. The SMILES string of the molecule is Cc1ccc2nc(CCCl)n(CC3CSCCS3)c2n1. The second-order valence-electron chi connectivity index (χ2n) is 4.94. The van der Waals surface area contributed by atoms with Crippen LogP contribution in [0.3, 0.4) is 0 Å². The van der Waals surface area contributed by atoms with Crippen LogP contribution >= 0.6 is 35.1 Å². The molecular formula is C14H18ClN3S2. The van der Waals surface area contributed by atoms with Crippen LogP contribution in [0.5, 0.6) is 0 Å². The van der Waals surface area contributed by atoms with Crippen molar-refractivity contribution < 1.29 is 0 Å². The fraction of sp³-hybridized carbons (Fsp3) is 0.571. The molecule has 0 radical (unpaired) electrons. The van der Waals surface area contributed by atoms with Crippen LogP contribution in [0.25, 0.3) is 11.2 Å². The lowest BCUT2D eigenvalue weighted by Gasteiger charge is -2.22. The van der Waals surface area contributed by atoms with E-state index in [-0.39, 0.29) is 0 Å². The number of rotatable bonds is 4. The summed E-state index contributed by atoms with van der Waals surface area (Å²) in [5.41, 5.74) is 3.05. The van der Waals surface area contributed by atoms with E-state index in [4.69, 9.17) is 16.6 Å². The molecule has 3 nitrogen and oxygen atoms in total. The number of hydrogen-bond acceptors (Lipinski definition) is 4. The second-order valence-corrected chi connectivity index (χ2v) is 7.88. The largest absolute Gasteiger partial charge is 0.312 e. The van der Waals surface area contributed by atoms with Gasteiger partial charge >= 0.3 is 0 Å². The van der Waals surface area contributed by atoms with Gasteiger partial charge in [0.2, 0.25) is 0 Å². The van der Waals surface area contributed by atoms with E-state index < -0.39 is 0 Å². The first-order valence-corrected chi connectivity index (χ1v) is 9.60. The molecule has 0 spiro atoms. The van der Waals surface area contributed by atoms with Crippen molar-refractivity contribution in [3.63, 3.8) is 0 Å². The Kier molecular flexibility index (Phi) is 4.79. The number of hydrogen-bond donors (Lipinski definition) is 0. The van der Waals surface area contributed by atoms with E-state index in [1.165, 1.54) is 17.3 Å². The highest BCUT2D eigenvalue weighted by molar-refractivity contribution is 8.06. The molecule has 0 bridgehead atoms. The maximum absolute atomic E-state index is 5.93. The first kappa shape index (κ1) is 14.5. The van der Waals surface area contributed by atoms with E-state index in [9.17, 15) is 0 Å². The van der Waals surface area contributed by atoms with Gasteiger partial charge in [-0.1, -0.05) is 0 Å². The lowest BCUT2D eigenvalue weighted by atomic mass is 10.3. The molecule has 20 heavy (non-hydrogen) atoms. The van der Waals surface area contributed by atoms with E-state index in [1.807, 2.05) is 13.0 Å². The van der Waals surface area contributed by atoms with Crippen LogP contribution in [0.4, 0.5) is 0 Å². The topological polar surface area (TPSA) is 30.7 Å². The molecule has 1 unspecified atom stereocenters. The zero-order valence-corrected chi connectivity index (χ0v) is 13.9. The summed E-state index contributed by atoms with van der Waals surface area (Å²) in [5.74, 6) is 5.42. The van der Waals surface area contributed by atoms with Crippen LogP contribution in [0, 0.1) is 6.92 Å². The van der Waals surface area contributed by atoms with Gasteiger partial charge in [-0.05, 0) is 19.1 Å². The molecule has 1 aliphatic rings.